The molecular weight excluding hydrogens is 488 g/mol. The van der Waals surface area contributed by atoms with Crippen LogP contribution in [0.5, 0.6) is 5.75 Å². The molecule has 2 aromatic carbocycles. The highest BCUT2D eigenvalue weighted by Crippen LogP contribution is 2.25. The third-order valence-electron chi connectivity index (χ3n) is 3.07. The normalized spacial score (nSPS) is 12.6. The third kappa shape index (κ3) is 4.67. The highest BCUT2D eigenvalue weighted by molar-refractivity contribution is 14.1. The number of hydrogen-bond donors (Lipinski definition) is 0. The average Bonchev–Trinajstić information content (AvgIpc) is 2.46. The Bertz CT molecular complexity index is 640. The maximum atomic E-state index is 5.62. The van der Waals surface area contributed by atoms with Crippen LogP contribution >= 0.6 is 45.2 Å². The Morgan fingerprint density at radius 3 is 2.67 bits per heavy atom. The highest BCUT2D eigenvalue weighted by atomic mass is 127. The van der Waals surface area contributed by atoms with Gasteiger partial charge in [-0.1, -0.05) is 18.2 Å². The molecule has 2 nitrogen and oxygen atoms in total. The molecule has 0 aliphatic rings. The van der Waals surface area contributed by atoms with Gasteiger partial charge in [-0.25, -0.2) is 0 Å². The van der Waals surface area contributed by atoms with Crippen LogP contribution in [-0.4, -0.2) is 12.8 Å². The molecule has 0 aliphatic carbocycles. The largest absolute Gasteiger partial charge is 0.493 e. The van der Waals surface area contributed by atoms with E-state index in [4.69, 9.17) is 4.74 Å². The molecule has 1 unspecified atom stereocenters. The summed E-state index contributed by atoms with van der Waals surface area (Å²) in [5.41, 5.74) is 2.27. The van der Waals surface area contributed by atoms with E-state index in [0.717, 1.165) is 11.3 Å². The zero-order valence-electron chi connectivity index (χ0n) is 12.0. The zero-order chi connectivity index (χ0) is 15.2. The third-order valence-corrected chi connectivity index (χ3v) is 4.67. The van der Waals surface area contributed by atoms with Gasteiger partial charge in [0, 0.05) is 18.9 Å². The number of hydrogen-bond acceptors (Lipinski definition) is 2. The second-order valence-electron chi connectivity index (χ2n) is 4.59. The molecule has 110 valence electrons. The highest BCUT2D eigenvalue weighted by Gasteiger charge is 2.08. The van der Waals surface area contributed by atoms with Crippen molar-refractivity contribution in [1.29, 1.82) is 0 Å². The molecule has 0 heterocycles. The number of nitrogens with zero attached hydrogens (tertiary/aromatic N) is 1. The lowest BCUT2D eigenvalue weighted by Crippen LogP contribution is -1.98. The van der Waals surface area contributed by atoms with Crippen molar-refractivity contribution in [2.75, 3.05) is 6.61 Å². The van der Waals surface area contributed by atoms with Crippen LogP contribution in [0.2, 0.25) is 0 Å². The van der Waals surface area contributed by atoms with Crippen LogP contribution < -0.4 is 4.74 Å². The van der Waals surface area contributed by atoms with Crippen molar-refractivity contribution < 1.29 is 4.74 Å². The van der Waals surface area contributed by atoms with Gasteiger partial charge in [-0.2, -0.15) is 0 Å². The Kier molecular flexibility index (Phi) is 6.47. The van der Waals surface area contributed by atoms with Crippen molar-refractivity contribution in [2.24, 2.45) is 4.99 Å². The number of aliphatic imine (C=N–C) groups is 1. The molecule has 4 heteroatoms. The van der Waals surface area contributed by atoms with Crippen molar-refractivity contribution in [2.45, 2.75) is 19.9 Å². The van der Waals surface area contributed by atoms with E-state index in [2.05, 4.69) is 75.3 Å². The first-order valence-electron chi connectivity index (χ1n) is 6.81. The van der Waals surface area contributed by atoms with E-state index in [1.807, 2.05) is 37.4 Å². The first-order valence-corrected chi connectivity index (χ1v) is 8.97. The second kappa shape index (κ2) is 8.12. The number of para-hydroxylation sites is 1. The van der Waals surface area contributed by atoms with E-state index in [9.17, 15) is 0 Å². The van der Waals surface area contributed by atoms with Gasteiger partial charge in [0.25, 0.3) is 0 Å². The fourth-order valence-electron chi connectivity index (χ4n) is 1.99. The van der Waals surface area contributed by atoms with E-state index < -0.39 is 0 Å². The van der Waals surface area contributed by atoms with Crippen molar-refractivity contribution in [1.82, 2.24) is 0 Å². The Balaban J connectivity index is 2.20. The fourth-order valence-corrected chi connectivity index (χ4v) is 4.04. The van der Waals surface area contributed by atoms with Crippen LogP contribution in [0.3, 0.4) is 0 Å². The summed E-state index contributed by atoms with van der Waals surface area (Å²) in [6.45, 7) is 4.77. The lowest BCUT2D eigenvalue weighted by atomic mass is 10.1. The van der Waals surface area contributed by atoms with Crippen LogP contribution in [0.1, 0.15) is 31.0 Å². The number of halogens is 2. The minimum Gasteiger partial charge on any atom is -0.493 e. The molecule has 0 amide bonds. The summed E-state index contributed by atoms with van der Waals surface area (Å²) in [5, 5.41) is 0. The molecule has 0 saturated carbocycles. The van der Waals surface area contributed by atoms with Gasteiger partial charge in [0.1, 0.15) is 5.75 Å². The quantitative estimate of drug-likeness (QED) is 0.390. The molecule has 0 aliphatic heterocycles. The standard InChI is InChI=1S/C17H17I2NO/c1-3-21-17-7-5-4-6-13(17)11-20-12(2)15-9-8-14(18)10-16(15)19/h4-12H,3H2,1-2H3/b20-11+. The molecule has 0 fully saturated rings. The lowest BCUT2D eigenvalue weighted by Gasteiger charge is -2.10. The van der Waals surface area contributed by atoms with Gasteiger partial charge < -0.3 is 4.74 Å². The van der Waals surface area contributed by atoms with Gasteiger partial charge in [-0.15, -0.1) is 0 Å². The molecule has 0 aromatic heterocycles. The van der Waals surface area contributed by atoms with Crippen LogP contribution in [0.4, 0.5) is 0 Å². The molecule has 0 N–H and O–H groups in total. The van der Waals surface area contributed by atoms with E-state index in [1.54, 1.807) is 0 Å². The smallest absolute Gasteiger partial charge is 0.128 e. The molecule has 2 rings (SSSR count). The Labute approximate surface area is 153 Å². The molecule has 0 spiro atoms. The van der Waals surface area contributed by atoms with E-state index in [1.165, 1.54) is 12.7 Å². The zero-order valence-corrected chi connectivity index (χ0v) is 16.3. The summed E-state index contributed by atoms with van der Waals surface area (Å²) in [6.07, 6.45) is 1.91. The maximum absolute atomic E-state index is 5.62. The van der Waals surface area contributed by atoms with Crippen molar-refractivity contribution in [3.8, 4) is 5.75 Å². The summed E-state index contributed by atoms with van der Waals surface area (Å²) in [6, 6.07) is 14.6. The molecule has 0 bridgehead atoms. The summed E-state index contributed by atoms with van der Waals surface area (Å²) < 4.78 is 8.12. The molecule has 0 radical (unpaired) electrons. The lowest BCUT2D eigenvalue weighted by molar-refractivity contribution is 0.340. The fraction of sp³-hybridized carbons (Fsp3) is 0.235. The molecule has 2 aromatic rings. The Morgan fingerprint density at radius 1 is 1.19 bits per heavy atom. The van der Waals surface area contributed by atoms with E-state index in [-0.39, 0.29) is 6.04 Å². The van der Waals surface area contributed by atoms with Crippen molar-refractivity contribution >= 4 is 51.4 Å². The summed E-state index contributed by atoms with van der Waals surface area (Å²) in [4.78, 5) is 4.69. The first-order chi connectivity index (χ1) is 10.1. The number of rotatable bonds is 5. The summed E-state index contributed by atoms with van der Waals surface area (Å²) >= 11 is 4.70. The number of ether oxygens (including phenoxy) is 1. The predicted molar refractivity (Wildman–Crippen MR) is 105 cm³/mol. The van der Waals surface area contributed by atoms with Crippen molar-refractivity contribution in [3.63, 3.8) is 0 Å². The Hall–Kier alpha value is -0.630. The molecule has 21 heavy (non-hydrogen) atoms. The van der Waals surface area contributed by atoms with E-state index in [0.29, 0.717) is 6.61 Å². The SMILES string of the molecule is CCOc1ccccc1/C=N/C(C)c1ccc(I)cc1I. The number of benzene rings is 2. The molecule has 0 saturated heterocycles. The van der Waals surface area contributed by atoms with Gasteiger partial charge in [0.15, 0.2) is 0 Å². The maximum Gasteiger partial charge on any atom is 0.128 e. The van der Waals surface area contributed by atoms with Gasteiger partial charge in [0.05, 0.1) is 12.6 Å². The van der Waals surface area contributed by atoms with Gasteiger partial charge in [0.2, 0.25) is 0 Å². The summed E-state index contributed by atoms with van der Waals surface area (Å²) in [7, 11) is 0. The van der Waals surface area contributed by atoms with Gasteiger partial charge in [-0.05, 0) is 88.9 Å². The topological polar surface area (TPSA) is 21.6 Å². The van der Waals surface area contributed by atoms with Gasteiger partial charge in [-0.3, -0.25) is 4.99 Å². The summed E-state index contributed by atoms with van der Waals surface area (Å²) in [5.74, 6) is 0.883. The first kappa shape index (κ1) is 16.7. The predicted octanol–water partition coefficient (Wildman–Crippen LogP) is 5.47. The van der Waals surface area contributed by atoms with E-state index >= 15 is 0 Å². The van der Waals surface area contributed by atoms with Crippen LogP contribution in [0.15, 0.2) is 47.5 Å². The monoisotopic (exact) mass is 505 g/mol. The molecule has 1 atom stereocenters. The van der Waals surface area contributed by atoms with Crippen LogP contribution in [0.25, 0.3) is 0 Å². The van der Waals surface area contributed by atoms with Crippen LogP contribution in [0, 0.1) is 7.14 Å². The van der Waals surface area contributed by atoms with Crippen molar-refractivity contribution in [3.05, 3.63) is 60.7 Å². The second-order valence-corrected chi connectivity index (χ2v) is 7.00. The minimum atomic E-state index is 0.128. The average molecular weight is 505 g/mol. The molecular formula is C17H17I2NO. The Morgan fingerprint density at radius 2 is 1.95 bits per heavy atom. The van der Waals surface area contributed by atoms with Crippen LogP contribution in [-0.2, 0) is 0 Å². The van der Waals surface area contributed by atoms with Gasteiger partial charge >= 0.3 is 0 Å². The minimum absolute atomic E-state index is 0.128.